The third kappa shape index (κ3) is 5.57. The molecule has 0 saturated carbocycles. The molecule has 0 aliphatic carbocycles. The number of hydrogen-bond donors (Lipinski definition) is 2. The monoisotopic (exact) mass is 428 g/mol. The van der Waals surface area contributed by atoms with Crippen molar-refractivity contribution < 1.29 is 14.0 Å². The van der Waals surface area contributed by atoms with Crippen LogP contribution in [0, 0.1) is 19.7 Å². The van der Waals surface area contributed by atoms with Crippen molar-refractivity contribution in [3.05, 3.63) is 70.0 Å². The van der Waals surface area contributed by atoms with Crippen LogP contribution in [0.3, 0.4) is 0 Å². The lowest BCUT2D eigenvalue weighted by Gasteiger charge is -2.16. The standard InChI is InChI=1S/C20H21FN6O2S/c1-12-17(9-22-13(2)24-12)18(28)27(3)10-16-11-30-20(25-16)26-19(29)23-8-14-5-4-6-15(21)7-14/h4-7,9,11H,8,10H2,1-3H3,(H2,23,25,26,29). The molecule has 0 radical (unpaired) electrons. The first kappa shape index (κ1) is 21.3. The van der Waals surface area contributed by atoms with Crippen LogP contribution in [0.15, 0.2) is 35.8 Å². The molecule has 0 aliphatic rings. The summed E-state index contributed by atoms with van der Waals surface area (Å²) in [6.45, 7) is 4.00. The fourth-order valence-corrected chi connectivity index (χ4v) is 3.42. The summed E-state index contributed by atoms with van der Waals surface area (Å²) >= 11 is 1.25. The highest BCUT2D eigenvalue weighted by atomic mass is 32.1. The van der Waals surface area contributed by atoms with Gasteiger partial charge in [0.15, 0.2) is 5.13 Å². The summed E-state index contributed by atoms with van der Waals surface area (Å²) in [7, 11) is 1.67. The molecule has 0 fully saturated rings. The molecule has 2 aromatic heterocycles. The van der Waals surface area contributed by atoms with E-state index in [1.807, 2.05) is 0 Å². The second-order valence-corrected chi connectivity index (χ2v) is 7.52. The summed E-state index contributed by atoms with van der Waals surface area (Å²) in [5.41, 5.74) is 2.35. The molecule has 0 aliphatic heterocycles. The van der Waals surface area contributed by atoms with Crippen LogP contribution in [-0.2, 0) is 13.1 Å². The van der Waals surface area contributed by atoms with Crippen molar-refractivity contribution in [1.29, 1.82) is 0 Å². The summed E-state index contributed by atoms with van der Waals surface area (Å²) < 4.78 is 13.2. The second kappa shape index (κ2) is 9.40. The quantitative estimate of drug-likeness (QED) is 0.628. The molecule has 0 bridgehead atoms. The van der Waals surface area contributed by atoms with Crippen molar-refractivity contribution >= 4 is 28.4 Å². The highest BCUT2D eigenvalue weighted by molar-refractivity contribution is 7.13. The normalized spacial score (nSPS) is 10.5. The molecular weight excluding hydrogens is 407 g/mol. The van der Waals surface area contributed by atoms with Crippen LogP contribution in [-0.4, -0.2) is 38.8 Å². The van der Waals surface area contributed by atoms with Crippen LogP contribution in [0.4, 0.5) is 14.3 Å². The van der Waals surface area contributed by atoms with Gasteiger partial charge in [-0.25, -0.2) is 24.1 Å². The molecule has 3 aromatic rings. The maximum absolute atomic E-state index is 13.2. The lowest BCUT2D eigenvalue weighted by Crippen LogP contribution is -2.28. The molecule has 3 amide bonds. The number of halogens is 1. The molecule has 156 valence electrons. The summed E-state index contributed by atoms with van der Waals surface area (Å²) in [6, 6.07) is 5.56. The number of nitrogens with zero attached hydrogens (tertiary/aromatic N) is 4. The molecule has 2 N–H and O–H groups in total. The minimum Gasteiger partial charge on any atom is -0.336 e. The minimum absolute atomic E-state index is 0.192. The number of nitrogens with one attached hydrogen (secondary N) is 2. The first-order chi connectivity index (χ1) is 14.3. The maximum Gasteiger partial charge on any atom is 0.321 e. The highest BCUT2D eigenvalue weighted by Crippen LogP contribution is 2.17. The van der Waals surface area contributed by atoms with Crippen LogP contribution in [0.1, 0.15) is 33.1 Å². The molecular formula is C20H21FN6O2S. The van der Waals surface area contributed by atoms with Crippen LogP contribution >= 0.6 is 11.3 Å². The molecule has 2 heterocycles. The summed E-state index contributed by atoms with van der Waals surface area (Å²) in [5.74, 6) is 0.0470. The summed E-state index contributed by atoms with van der Waals surface area (Å²) in [5, 5.41) is 7.45. The summed E-state index contributed by atoms with van der Waals surface area (Å²) in [4.78, 5) is 38.8. The van der Waals surface area contributed by atoms with E-state index in [0.717, 1.165) is 0 Å². The Hall–Kier alpha value is -3.40. The SMILES string of the molecule is Cc1ncc(C(=O)N(C)Cc2csc(NC(=O)NCc3cccc(F)c3)n2)c(C)n1. The number of hydrogen-bond acceptors (Lipinski definition) is 6. The number of anilines is 1. The lowest BCUT2D eigenvalue weighted by molar-refractivity contribution is 0.0782. The van der Waals surface area contributed by atoms with E-state index in [4.69, 9.17) is 0 Å². The van der Waals surface area contributed by atoms with Crippen molar-refractivity contribution in [3.8, 4) is 0 Å². The van der Waals surface area contributed by atoms with Crippen LogP contribution < -0.4 is 10.6 Å². The van der Waals surface area contributed by atoms with E-state index in [9.17, 15) is 14.0 Å². The van der Waals surface area contributed by atoms with Crippen LogP contribution in [0.2, 0.25) is 0 Å². The van der Waals surface area contributed by atoms with Crippen molar-refractivity contribution in [2.75, 3.05) is 12.4 Å². The molecule has 1 aromatic carbocycles. The fraction of sp³-hybridized carbons (Fsp3) is 0.250. The Morgan fingerprint density at radius 3 is 2.77 bits per heavy atom. The van der Waals surface area contributed by atoms with E-state index in [2.05, 4.69) is 25.6 Å². The third-order valence-corrected chi connectivity index (χ3v) is 5.00. The lowest BCUT2D eigenvalue weighted by atomic mass is 10.2. The van der Waals surface area contributed by atoms with Gasteiger partial charge in [0.1, 0.15) is 11.6 Å². The minimum atomic E-state index is -0.447. The molecule has 10 heteroatoms. The average Bonchev–Trinajstić information content (AvgIpc) is 3.12. The van der Waals surface area contributed by atoms with Crippen molar-refractivity contribution in [1.82, 2.24) is 25.2 Å². The highest BCUT2D eigenvalue weighted by Gasteiger charge is 2.17. The fourth-order valence-electron chi connectivity index (χ4n) is 2.72. The van der Waals surface area contributed by atoms with Gasteiger partial charge in [-0.15, -0.1) is 11.3 Å². The van der Waals surface area contributed by atoms with Gasteiger partial charge in [-0.2, -0.15) is 0 Å². The Balaban J connectivity index is 1.54. The van der Waals surface area contributed by atoms with Crippen molar-refractivity contribution in [3.63, 3.8) is 0 Å². The van der Waals surface area contributed by atoms with E-state index in [1.165, 1.54) is 34.6 Å². The molecule has 8 nitrogen and oxygen atoms in total. The number of thiazole rings is 1. The average molecular weight is 428 g/mol. The summed E-state index contributed by atoms with van der Waals surface area (Å²) in [6.07, 6.45) is 1.52. The Morgan fingerprint density at radius 1 is 1.23 bits per heavy atom. The number of aryl methyl sites for hydroxylation is 2. The number of amides is 3. The van der Waals surface area contributed by atoms with Gasteiger partial charge in [0.25, 0.3) is 5.91 Å². The second-order valence-electron chi connectivity index (χ2n) is 6.66. The molecule has 0 atom stereocenters. The first-order valence-corrected chi connectivity index (χ1v) is 9.99. The van der Waals surface area contributed by atoms with Gasteiger partial charge in [-0.1, -0.05) is 12.1 Å². The zero-order valence-corrected chi connectivity index (χ0v) is 17.6. The Labute approximate surface area is 177 Å². The van der Waals surface area contributed by atoms with Crippen molar-refractivity contribution in [2.45, 2.75) is 26.9 Å². The number of benzene rings is 1. The zero-order chi connectivity index (χ0) is 21.7. The molecule has 0 saturated heterocycles. The topological polar surface area (TPSA) is 100 Å². The van der Waals surface area contributed by atoms with E-state index in [1.54, 1.807) is 38.4 Å². The van der Waals surface area contributed by atoms with Gasteiger partial charge in [0.2, 0.25) is 0 Å². The zero-order valence-electron chi connectivity index (χ0n) is 16.8. The number of carbonyl (C=O) groups is 2. The van der Waals surface area contributed by atoms with Gasteiger partial charge in [-0.05, 0) is 31.5 Å². The molecule has 0 spiro atoms. The Morgan fingerprint density at radius 2 is 2.03 bits per heavy atom. The largest absolute Gasteiger partial charge is 0.336 e. The number of aromatic nitrogens is 3. The van der Waals surface area contributed by atoms with E-state index in [0.29, 0.717) is 33.5 Å². The molecule has 0 unspecified atom stereocenters. The maximum atomic E-state index is 13.2. The Bertz CT molecular complexity index is 1070. The third-order valence-electron chi connectivity index (χ3n) is 4.19. The van der Waals surface area contributed by atoms with Crippen LogP contribution in [0.25, 0.3) is 0 Å². The number of urea groups is 1. The van der Waals surface area contributed by atoms with Gasteiger partial charge in [0, 0.05) is 25.2 Å². The predicted octanol–water partition coefficient (Wildman–Crippen LogP) is 3.28. The molecule has 30 heavy (non-hydrogen) atoms. The van der Waals surface area contributed by atoms with Gasteiger partial charge >= 0.3 is 6.03 Å². The smallest absolute Gasteiger partial charge is 0.321 e. The predicted molar refractivity (Wildman–Crippen MR) is 112 cm³/mol. The van der Waals surface area contributed by atoms with Gasteiger partial charge < -0.3 is 10.2 Å². The number of rotatable bonds is 6. The number of carbonyl (C=O) groups excluding carboxylic acids is 2. The van der Waals surface area contributed by atoms with Crippen LogP contribution in [0.5, 0.6) is 0 Å². The first-order valence-electron chi connectivity index (χ1n) is 9.11. The van der Waals surface area contributed by atoms with Gasteiger partial charge in [0.05, 0.1) is 23.5 Å². The Kier molecular flexibility index (Phi) is 6.68. The van der Waals surface area contributed by atoms with E-state index >= 15 is 0 Å². The van der Waals surface area contributed by atoms with E-state index < -0.39 is 6.03 Å². The molecule has 3 rings (SSSR count). The van der Waals surface area contributed by atoms with E-state index in [-0.39, 0.29) is 24.8 Å². The van der Waals surface area contributed by atoms with Gasteiger partial charge in [-0.3, -0.25) is 10.1 Å². The van der Waals surface area contributed by atoms with Crippen molar-refractivity contribution in [2.24, 2.45) is 0 Å².